The average molecular weight is 222 g/mol. The quantitative estimate of drug-likeness (QED) is 0.817. The zero-order valence-corrected chi connectivity index (χ0v) is 9.81. The molecular formula is C11H18N4O. The molecule has 2 rings (SSSR count). The highest BCUT2D eigenvalue weighted by Crippen LogP contribution is 2.08. The highest BCUT2D eigenvalue weighted by atomic mass is 16.5. The first-order valence-corrected chi connectivity index (χ1v) is 5.60. The van der Waals surface area contributed by atoms with E-state index in [2.05, 4.69) is 27.1 Å². The number of morpholine rings is 1. The molecular weight excluding hydrogens is 204 g/mol. The predicted octanol–water partition coefficient (Wildman–Crippen LogP) is 0.739. The van der Waals surface area contributed by atoms with Crippen molar-refractivity contribution in [3.63, 3.8) is 0 Å². The summed E-state index contributed by atoms with van der Waals surface area (Å²) in [4.78, 5) is 11.0. The predicted molar refractivity (Wildman–Crippen MR) is 62.3 cm³/mol. The average Bonchev–Trinajstić information content (AvgIpc) is 2.30. The lowest BCUT2D eigenvalue weighted by atomic mass is 10.3. The van der Waals surface area contributed by atoms with Gasteiger partial charge in [-0.15, -0.1) is 0 Å². The van der Waals surface area contributed by atoms with E-state index in [1.54, 1.807) is 6.20 Å². The smallest absolute Gasteiger partial charge is 0.144 e. The number of aromatic nitrogens is 2. The second kappa shape index (κ2) is 5.23. The van der Waals surface area contributed by atoms with E-state index in [1.807, 2.05) is 13.2 Å². The minimum Gasteiger partial charge on any atom is -0.376 e. The Balaban J connectivity index is 1.92. The Morgan fingerprint density at radius 2 is 2.38 bits per heavy atom. The monoisotopic (exact) mass is 222 g/mol. The first kappa shape index (κ1) is 11.3. The molecule has 5 nitrogen and oxygen atoms in total. The maximum absolute atomic E-state index is 5.49. The van der Waals surface area contributed by atoms with E-state index >= 15 is 0 Å². The van der Waals surface area contributed by atoms with E-state index < -0.39 is 0 Å². The molecule has 0 amide bonds. The van der Waals surface area contributed by atoms with Crippen molar-refractivity contribution in [2.75, 3.05) is 32.1 Å². The lowest BCUT2D eigenvalue weighted by Gasteiger charge is -2.30. The van der Waals surface area contributed by atoms with Crippen molar-refractivity contribution >= 4 is 5.82 Å². The lowest BCUT2D eigenvalue weighted by Crippen LogP contribution is -2.40. The molecule has 0 radical (unpaired) electrons. The Labute approximate surface area is 95.8 Å². The standard InChI is InChI=1S/C11H18N4O/c1-9-7-15(3-4-16-9)8-10-5-14-11(12-2)6-13-10/h5-6,9H,3-4,7-8H2,1-2H3,(H,12,14). The van der Waals surface area contributed by atoms with E-state index in [0.29, 0.717) is 6.10 Å². The highest BCUT2D eigenvalue weighted by molar-refractivity contribution is 5.29. The maximum Gasteiger partial charge on any atom is 0.144 e. The third-order valence-corrected chi connectivity index (χ3v) is 2.67. The molecule has 0 bridgehead atoms. The molecule has 16 heavy (non-hydrogen) atoms. The number of ether oxygens (including phenoxy) is 1. The molecule has 1 aliphatic rings. The SMILES string of the molecule is CNc1cnc(CN2CCOC(C)C2)cn1. The molecule has 88 valence electrons. The number of rotatable bonds is 3. The van der Waals surface area contributed by atoms with Crippen molar-refractivity contribution in [2.45, 2.75) is 19.6 Å². The minimum absolute atomic E-state index is 0.318. The normalized spacial score (nSPS) is 22.0. The van der Waals surface area contributed by atoms with Gasteiger partial charge < -0.3 is 10.1 Å². The van der Waals surface area contributed by atoms with Crippen LogP contribution in [0.4, 0.5) is 5.82 Å². The third-order valence-electron chi connectivity index (χ3n) is 2.67. The van der Waals surface area contributed by atoms with Crippen LogP contribution in [0, 0.1) is 0 Å². The van der Waals surface area contributed by atoms with Gasteiger partial charge in [-0.1, -0.05) is 0 Å². The summed E-state index contributed by atoms with van der Waals surface area (Å²) in [5, 5.41) is 2.96. The summed E-state index contributed by atoms with van der Waals surface area (Å²) in [6.07, 6.45) is 3.91. The summed E-state index contributed by atoms with van der Waals surface area (Å²) in [5.41, 5.74) is 1.01. The van der Waals surface area contributed by atoms with Crippen LogP contribution in [0.15, 0.2) is 12.4 Å². The first-order valence-electron chi connectivity index (χ1n) is 5.60. The zero-order valence-electron chi connectivity index (χ0n) is 9.81. The summed E-state index contributed by atoms with van der Waals surface area (Å²) in [6, 6.07) is 0. The molecule has 0 aliphatic carbocycles. The van der Waals surface area contributed by atoms with Crippen LogP contribution in [-0.2, 0) is 11.3 Å². The van der Waals surface area contributed by atoms with E-state index in [1.165, 1.54) is 0 Å². The number of hydrogen-bond donors (Lipinski definition) is 1. The summed E-state index contributed by atoms with van der Waals surface area (Å²) in [5.74, 6) is 0.805. The fourth-order valence-electron chi connectivity index (χ4n) is 1.83. The van der Waals surface area contributed by atoms with Crippen molar-refractivity contribution in [3.8, 4) is 0 Å². The van der Waals surface area contributed by atoms with Crippen molar-refractivity contribution < 1.29 is 4.74 Å². The van der Waals surface area contributed by atoms with Gasteiger partial charge in [0, 0.05) is 26.7 Å². The molecule has 1 atom stereocenters. The van der Waals surface area contributed by atoms with Crippen molar-refractivity contribution in [1.29, 1.82) is 0 Å². The molecule has 1 N–H and O–H groups in total. The van der Waals surface area contributed by atoms with E-state index in [0.717, 1.165) is 37.8 Å². The molecule has 1 saturated heterocycles. The van der Waals surface area contributed by atoms with Crippen LogP contribution >= 0.6 is 0 Å². The molecule has 0 aromatic carbocycles. The van der Waals surface area contributed by atoms with Crippen LogP contribution < -0.4 is 5.32 Å². The van der Waals surface area contributed by atoms with Gasteiger partial charge in [-0.05, 0) is 6.92 Å². The van der Waals surface area contributed by atoms with E-state index in [4.69, 9.17) is 4.74 Å². The van der Waals surface area contributed by atoms with E-state index in [-0.39, 0.29) is 0 Å². The Hall–Kier alpha value is -1.20. The largest absolute Gasteiger partial charge is 0.376 e. The lowest BCUT2D eigenvalue weighted by molar-refractivity contribution is -0.0216. The zero-order chi connectivity index (χ0) is 11.4. The molecule has 0 saturated carbocycles. The number of hydrogen-bond acceptors (Lipinski definition) is 5. The Bertz CT molecular complexity index is 327. The minimum atomic E-state index is 0.318. The third kappa shape index (κ3) is 2.90. The number of anilines is 1. The van der Waals surface area contributed by atoms with Crippen LogP contribution in [0.1, 0.15) is 12.6 Å². The van der Waals surface area contributed by atoms with Gasteiger partial charge in [-0.25, -0.2) is 4.98 Å². The van der Waals surface area contributed by atoms with Crippen molar-refractivity contribution in [3.05, 3.63) is 18.1 Å². The topological polar surface area (TPSA) is 50.3 Å². The number of nitrogens with zero attached hydrogens (tertiary/aromatic N) is 3. The Morgan fingerprint density at radius 3 is 3.00 bits per heavy atom. The van der Waals surface area contributed by atoms with Gasteiger partial charge in [-0.2, -0.15) is 0 Å². The fourth-order valence-corrected chi connectivity index (χ4v) is 1.83. The second-order valence-electron chi connectivity index (χ2n) is 4.06. The van der Waals surface area contributed by atoms with Crippen LogP contribution in [0.25, 0.3) is 0 Å². The summed E-state index contributed by atoms with van der Waals surface area (Å²) in [7, 11) is 1.84. The van der Waals surface area contributed by atoms with Gasteiger partial charge in [0.25, 0.3) is 0 Å². The first-order chi connectivity index (χ1) is 7.78. The molecule has 1 unspecified atom stereocenters. The van der Waals surface area contributed by atoms with Gasteiger partial charge >= 0.3 is 0 Å². The molecule has 1 aromatic heterocycles. The van der Waals surface area contributed by atoms with Crippen molar-refractivity contribution in [1.82, 2.24) is 14.9 Å². The van der Waals surface area contributed by atoms with Gasteiger partial charge in [-0.3, -0.25) is 9.88 Å². The molecule has 1 fully saturated rings. The summed E-state index contributed by atoms with van der Waals surface area (Å²) in [6.45, 7) is 5.70. The fraction of sp³-hybridized carbons (Fsp3) is 0.636. The Kier molecular flexibility index (Phi) is 3.69. The number of nitrogens with one attached hydrogen (secondary N) is 1. The van der Waals surface area contributed by atoms with Gasteiger partial charge in [0.15, 0.2) is 0 Å². The molecule has 2 heterocycles. The second-order valence-corrected chi connectivity index (χ2v) is 4.06. The molecule has 0 spiro atoms. The summed E-state index contributed by atoms with van der Waals surface area (Å²) < 4.78 is 5.49. The van der Waals surface area contributed by atoms with Gasteiger partial charge in [0.1, 0.15) is 5.82 Å². The highest BCUT2D eigenvalue weighted by Gasteiger charge is 2.16. The molecule has 5 heteroatoms. The Morgan fingerprint density at radius 1 is 1.50 bits per heavy atom. The van der Waals surface area contributed by atoms with Gasteiger partial charge in [0.05, 0.1) is 30.8 Å². The van der Waals surface area contributed by atoms with E-state index in [9.17, 15) is 0 Å². The molecule has 1 aliphatic heterocycles. The van der Waals surface area contributed by atoms with Gasteiger partial charge in [0.2, 0.25) is 0 Å². The van der Waals surface area contributed by atoms with Crippen LogP contribution in [-0.4, -0.2) is 47.7 Å². The van der Waals surface area contributed by atoms with Crippen LogP contribution in [0.5, 0.6) is 0 Å². The van der Waals surface area contributed by atoms with Crippen molar-refractivity contribution in [2.24, 2.45) is 0 Å². The molecule has 1 aromatic rings. The summed E-state index contributed by atoms with van der Waals surface area (Å²) >= 11 is 0. The maximum atomic E-state index is 5.49. The van der Waals surface area contributed by atoms with Crippen LogP contribution in [0.2, 0.25) is 0 Å². The van der Waals surface area contributed by atoms with Crippen LogP contribution in [0.3, 0.4) is 0 Å².